The number of ether oxygens (including phenoxy) is 1. The normalized spacial score (nSPS) is 27.4. The molecule has 1 aromatic heterocycles. The molecular weight excluding hydrogens is 352 g/mol. The second-order valence-electron chi connectivity index (χ2n) is 7.72. The summed E-state index contributed by atoms with van der Waals surface area (Å²) in [7, 11) is 0. The first-order valence-electron chi connectivity index (χ1n) is 9.17. The Hall–Kier alpha value is -2.19. The molecule has 0 unspecified atom stereocenters. The molecule has 2 aliphatic rings. The van der Waals surface area contributed by atoms with Crippen molar-refractivity contribution in [3.63, 3.8) is 0 Å². The molecule has 1 spiro atoms. The summed E-state index contributed by atoms with van der Waals surface area (Å²) in [5.41, 5.74) is -1.84. The number of piperidine rings is 1. The van der Waals surface area contributed by atoms with Crippen LogP contribution in [0.15, 0.2) is 21.3 Å². The Morgan fingerprint density at radius 3 is 2.52 bits per heavy atom. The summed E-state index contributed by atoms with van der Waals surface area (Å²) in [5.74, 6) is -0.142. The van der Waals surface area contributed by atoms with Crippen molar-refractivity contribution in [3.05, 3.63) is 33.9 Å². The average molecular weight is 378 g/mol. The highest BCUT2D eigenvalue weighted by atomic mass is 16.5. The van der Waals surface area contributed by atoms with Crippen molar-refractivity contribution in [2.24, 2.45) is 0 Å². The van der Waals surface area contributed by atoms with E-state index in [-0.39, 0.29) is 23.0 Å². The molecular formula is C19H26N2O6. The maximum Gasteiger partial charge on any atom is 0.289 e. The summed E-state index contributed by atoms with van der Waals surface area (Å²) < 4.78 is 11.3. The summed E-state index contributed by atoms with van der Waals surface area (Å²) in [5, 5.41) is 13.8. The van der Waals surface area contributed by atoms with Crippen LogP contribution in [0, 0.1) is 6.92 Å². The fraction of sp³-hybridized carbons (Fsp3) is 0.632. The van der Waals surface area contributed by atoms with Gasteiger partial charge in [0.25, 0.3) is 5.91 Å². The quantitative estimate of drug-likeness (QED) is 0.780. The predicted molar refractivity (Wildman–Crippen MR) is 96.4 cm³/mol. The molecule has 148 valence electrons. The van der Waals surface area contributed by atoms with Crippen LogP contribution in [-0.4, -0.2) is 58.8 Å². The lowest BCUT2D eigenvalue weighted by Crippen LogP contribution is -2.69. The fourth-order valence-corrected chi connectivity index (χ4v) is 4.17. The number of carbonyl (C=O) groups excluding carboxylic acids is 2. The van der Waals surface area contributed by atoms with Crippen molar-refractivity contribution >= 4 is 11.8 Å². The highest BCUT2D eigenvalue weighted by Crippen LogP contribution is 2.40. The molecule has 2 aliphatic heterocycles. The molecule has 2 fully saturated rings. The van der Waals surface area contributed by atoms with E-state index in [0.717, 1.165) is 0 Å². The Balaban J connectivity index is 1.73. The second-order valence-corrected chi connectivity index (χ2v) is 7.72. The first-order valence-corrected chi connectivity index (χ1v) is 9.17. The number of rotatable bonds is 2. The molecule has 0 aromatic carbocycles. The minimum absolute atomic E-state index is 0.0177. The van der Waals surface area contributed by atoms with Gasteiger partial charge in [-0.15, -0.1) is 0 Å². The van der Waals surface area contributed by atoms with Crippen LogP contribution in [0.1, 0.15) is 49.4 Å². The summed E-state index contributed by atoms with van der Waals surface area (Å²) in [4.78, 5) is 37.4. The fourth-order valence-electron chi connectivity index (χ4n) is 4.17. The molecule has 2 amide bonds. The molecule has 0 radical (unpaired) electrons. The third-order valence-electron chi connectivity index (χ3n) is 5.57. The zero-order valence-corrected chi connectivity index (χ0v) is 15.9. The van der Waals surface area contributed by atoms with Gasteiger partial charge >= 0.3 is 0 Å². The van der Waals surface area contributed by atoms with Gasteiger partial charge in [0.2, 0.25) is 5.91 Å². The average Bonchev–Trinajstić information content (AvgIpc) is 2.58. The lowest BCUT2D eigenvalue weighted by molar-refractivity contribution is -0.205. The van der Waals surface area contributed by atoms with Crippen molar-refractivity contribution in [2.75, 3.05) is 19.7 Å². The molecule has 0 bridgehead atoms. The van der Waals surface area contributed by atoms with Crippen LogP contribution in [0.5, 0.6) is 0 Å². The summed E-state index contributed by atoms with van der Waals surface area (Å²) in [6.45, 7) is 6.03. The molecule has 1 aromatic rings. The van der Waals surface area contributed by atoms with Crippen LogP contribution in [0.25, 0.3) is 0 Å². The smallest absolute Gasteiger partial charge is 0.289 e. The van der Waals surface area contributed by atoms with Gasteiger partial charge in [-0.2, -0.15) is 0 Å². The van der Waals surface area contributed by atoms with Crippen LogP contribution in [-0.2, 0) is 9.53 Å². The van der Waals surface area contributed by atoms with Gasteiger partial charge < -0.3 is 24.5 Å². The van der Waals surface area contributed by atoms with E-state index in [1.54, 1.807) is 11.8 Å². The van der Waals surface area contributed by atoms with E-state index in [1.807, 2.05) is 6.92 Å². The third kappa shape index (κ3) is 3.77. The Bertz CT molecular complexity index is 796. The van der Waals surface area contributed by atoms with E-state index in [0.29, 0.717) is 44.7 Å². The van der Waals surface area contributed by atoms with Crippen molar-refractivity contribution in [1.29, 1.82) is 0 Å². The SMILES string of the molecule is CC(=O)N[C@]1(C)CCOC2(CCN(C(=O)c3cc(=O)cc(C)o3)CC2)[C@H]1O. The van der Waals surface area contributed by atoms with Gasteiger partial charge in [0.15, 0.2) is 11.2 Å². The van der Waals surface area contributed by atoms with E-state index in [4.69, 9.17) is 9.15 Å². The minimum atomic E-state index is -0.878. The number of nitrogens with zero attached hydrogens (tertiary/aromatic N) is 1. The number of amides is 2. The molecule has 3 rings (SSSR count). The van der Waals surface area contributed by atoms with E-state index in [2.05, 4.69) is 5.32 Å². The molecule has 2 saturated heterocycles. The maximum atomic E-state index is 12.7. The zero-order valence-electron chi connectivity index (χ0n) is 15.9. The largest absolute Gasteiger partial charge is 0.456 e. The summed E-state index contributed by atoms with van der Waals surface area (Å²) in [6.07, 6.45) is 0.514. The highest BCUT2D eigenvalue weighted by molar-refractivity contribution is 5.91. The second kappa shape index (κ2) is 7.09. The van der Waals surface area contributed by atoms with E-state index in [1.165, 1.54) is 19.1 Å². The Morgan fingerprint density at radius 1 is 1.26 bits per heavy atom. The van der Waals surface area contributed by atoms with Crippen molar-refractivity contribution in [1.82, 2.24) is 10.2 Å². The number of carbonyl (C=O) groups is 2. The van der Waals surface area contributed by atoms with Gasteiger partial charge in [-0.05, 0) is 33.1 Å². The number of aliphatic hydroxyl groups is 1. The van der Waals surface area contributed by atoms with Gasteiger partial charge in [-0.1, -0.05) is 0 Å². The number of aryl methyl sites for hydroxylation is 1. The van der Waals surface area contributed by atoms with Crippen molar-refractivity contribution in [3.8, 4) is 0 Å². The van der Waals surface area contributed by atoms with Crippen LogP contribution < -0.4 is 10.7 Å². The van der Waals surface area contributed by atoms with Gasteiger partial charge in [0, 0.05) is 38.8 Å². The van der Waals surface area contributed by atoms with Gasteiger partial charge in [0.1, 0.15) is 11.9 Å². The summed E-state index contributed by atoms with van der Waals surface area (Å²) in [6, 6.07) is 2.52. The number of likely N-dealkylation sites (tertiary alicyclic amines) is 1. The molecule has 2 N–H and O–H groups in total. The van der Waals surface area contributed by atoms with Gasteiger partial charge in [-0.25, -0.2) is 0 Å². The number of nitrogens with one attached hydrogen (secondary N) is 1. The molecule has 27 heavy (non-hydrogen) atoms. The Kier molecular flexibility index (Phi) is 5.14. The molecule has 8 heteroatoms. The minimum Gasteiger partial charge on any atom is -0.456 e. The Morgan fingerprint density at radius 2 is 1.93 bits per heavy atom. The van der Waals surface area contributed by atoms with Crippen molar-refractivity contribution < 1.29 is 23.8 Å². The zero-order chi connectivity index (χ0) is 19.8. The maximum absolute atomic E-state index is 12.7. The van der Waals surface area contributed by atoms with Crippen LogP contribution >= 0.6 is 0 Å². The number of hydrogen-bond acceptors (Lipinski definition) is 6. The predicted octanol–water partition coefficient (Wildman–Crippen LogP) is 0.599. The monoisotopic (exact) mass is 378 g/mol. The molecule has 0 saturated carbocycles. The molecule has 0 aliphatic carbocycles. The first-order chi connectivity index (χ1) is 12.7. The van der Waals surface area contributed by atoms with Crippen molar-refractivity contribution in [2.45, 2.75) is 57.3 Å². The first kappa shape index (κ1) is 19.6. The van der Waals surface area contributed by atoms with E-state index in [9.17, 15) is 19.5 Å². The molecule has 2 atom stereocenters. The van der Waals surface area contributed by atoms with Crippen LogP contribution in [0.3, 0.4) is 0 Å². The van der Waals surface area contributed by atoms with E-state index >= 15 is 0 Å². The van der Waals surface area contributed by atoms with Gasteiger partial charge in [-0.3, -0.25) is 14.4 Å². The standard InChI is InChI=1S/C19H26N2O6/c1-12-10-14(23)11-15(27-12)16(24)21-7-4-19(5-8-21)17(25)18(3,6-9-26-19)20-13(2)22/h10-11,17,25H,4-9H2,1-3H3,(H,20,22)/t17-,18+/m0/s1. The number of hydrogen-bond donors (Lipinski definition) is 2. The highest BCUT2D eigenvalue weighted by Gasteiger charge is 2.54. The van der Waals surface area contributed by atoms with Gasteiger partial charge in [0.05, 0.1) is 11.1 Å². The van der Waals surface area contributed by atoms with Crippen LogP contribution in [0.4, 0.5) is 0 Å². The van der Waals surface area contributed by atoms with Crippen LogP contribution in [0.2, 0.25) is 0 Å². The Labute approximate surface area is 157 Å². The topological polar surface area (TPSA) is 109 Å². The lowest BCUT2D eigenvalue weighted by atomic mass is 9.73. The third-order valence-corrected chi connectivity index (χ3v) is 5.57. The molecule has 8 nitrogen and oxygen atoms in total. The van der Waals surface area contributed by atoms with E-state index < -0.39 is 17.2 Å². The number of aliphatic hydroxyl groups excluding tert-OH is 1. The lowest BCUT2D eigenvalue weighted by Gasteiger charge is -2.53. The summed E-state index contributed by atoms with van der Waals surface area (Å²) >= 11 is 0. The molecule has 3 heterocycles.